The molecule has 0 spiro atoms. The van der Waals surface area contributed by atoms with Crippen molar-refractivity contribution in [2.24, 2.45) is 0 Å². The number of anilines is 1. The lowest BCUT2D eigenvalue weighted by molar-refractivity contribution is 0.0696. The van der Waals surface area contributed by atoms with E-state index in [4.69, 9.17) is 5.11 Å². The van der Waals surface area contributed by atoms with Crippen LogP contribution in [-0.4, -0.2) is 27.1 Å². The van der Waals surface area contributed by atoms with Crippen LogP contribution in [0, 0.1) is 0 Å². The first-order valence-corrected chi connectivity index (χ1v) is 6.26. The molecule has 1 amide bonds. The van der Waals surface area contributed by atoms with Gasteiger partial charge in [-0.2, -0.15) is 0 Å². The van der Waals surface area contributed by atoms with Crippen LogP contribution in [0.4, 0.5) is 5.69 Å². The predicted molar refractivity (Wildman–Crippen MR) is 75.0 cm³/mol. The highest BCUT2D eigenvalue weighted by molar-refractivity contribution is 9.10. The number of nitrogens with zero attached hydrogens (tertiary/aromatic N) is 1. The van der Waals surface area contributed by atoms with Gasteiger partial charge in [0.25, 0.3) is 5.91 Å². The Bertz CT molecular complexity index is 688. The molecule has 1 aromatic carbocycles. The standard InChI is InChI=1S/C13H9BrN2O4/c14-8-4-7(13(19)20)5-9(6-8)16-12(18)11-10(17)2-1-3-15-11/h1-6,17H,(H,16,18)(H,19,20). The number of rotatable bonds is 3. The van der Waals surface area contributed by atoms with Crippen molar-refractivity contribution < 1.29 is 19.8 Å². The molecule has 0 saturated heterocycles. The monoisotopic (exact) mass is 336 g/mol. The number of aromatic nitrogens is 1. The molecule has 2 rings (SSSR count). The number of halogens is 1. The van der Waals surface area contributed by atoms with E-state index in [1.54, 1.807) is 6.07 Å². The molecule has 7 heteroatoms. The van der Waals surface area contributed by atoms with Crippen molar-refractivity contribution >= 4 is 33.5 Å². The van der Waals surface area contributed by atoms with Gasteiger partial charge < -0.3 is 15.5 Å². The first-order valence-electron chi connectivity index (χ1n) is 5.46. The fourth-order valence-electron chi connectivity index (χ4n) is 1.55. The van der Waals surface area contributed by atoms with Gasteiger partial charge in [-0.25, -0.2) is 9.78 Å². The van der Waals surface area contributed by atoms with Crippen LogP contribution >= 0.6 is 15.9 Å². The normalized spacial score (nSPS) is 10.1. The van der Waals surface area contributed by atoms with Crippen LogP contribution in [-0.2, 0) is 0 Å². The van der Waals surface area contributed by atoms with Gasteiger partial charge in [0.2, 0.25) is 0 Å². The predicted octanol–water partition coefficient (Wildman–Crippen LogP) is 2.50. The summed E-state index contributed by atoms with van der Waals surface area (Å²) in [5.41, 5.74) is 0.177. The Balaban J connectivity index is 2.28. The second-order valence-corrected chi connectivity index (χ2v) is 4.77. The SMILES string of the molecule is O=C(O)c1cc(Br)cc(NC(=O)c2ncccc2O)c1. The van der Waals surface area contributed by atoms with E-state index in [1.165, 1.54) is 30.5 Å². The third-order valence-corrected chi connectivity index (χ3v) is 2.86. The Morgan fingerprint density at radius 3 is 2.65 bits per heavy atom. The molecule has 20 heavy (non-hydrogen) atoms. The summed E-state index contributed by atoms with van der Waals surface area (Å²) < 4.78 is 0.512. The molecule has 0 aliphatic carbocycles. The molecule has 6 nitrogen and oxygen atoms in total. The van der Waals surface area contributed by atoms with Gasteiger partial charge in [-0.15, -0.1) is 0 Å². The number of nitrogens with one attached hydrogen (secondary N) is 1. The number of aromatic hydroxyl groups is 1. The number of carboxylic acids is 1. The van der Waals surface area contributed by atoms with Gasteiger partial charge in [0.1, 0.15) is 5.75 Å². The van der Waals surface area contributed by atoms with Gasteiger partial charge in [-0.05, 0) is 30.3 Å². The number of aromatic carboxylic acids is 1. The van der Waals surface area contributed by atoms with Crippen LogP contribution in [0.1, 0.15) is 20.8 Å². The van der Waals surface area contributed by atoms with Crippen molar-refractivity contribution in [3.63, 3.8) is 0 Å². The third-order valence-electron chi connectivity index (χ3n) is 2.40. The summed E-state index contributed by atoms with van der Waals surface area (Å²) in [5.74, 6) is -1.99. The number of pyridine rings is 1. The number of hydrogen-bond acceptors (Lipinski definition) is 4. The summed E-state index contributed by atoms with van der Waals surface area (Å²) in [5, 5.41) is 21.0. The largest absolute Gasteiger partial charge is 0.505 e. The molecule has 0 atom stereocenters. The van der Waals surface area contributed by atoms with E-state index in [2.05, 4.69) is 26.2 Å². The molecule has 0 radical (unpaired) electrons. The molecule has 1 aromatic heterocycles. The maximum Gasteiger partial charge on any atom is 0.335 e. The maximum absolute atomic E-state index is 11.9. The van der Waals surface area contributed by atoms with Crippen molar-refractivity contribution in [2.45, 2.75) is 0 Å². The molecule has 102 valence electrons. The van der Waals surface area contributed by atoms with Crippen molar-refractivity contribution in [3.05, 3.63) is 52.3 Å². The minimum Gasteiger partial charge on any atom is -0.505 e. The molecule has 0 fully saturated rings. The summed E-state index contributed by atoms with van der Waals surface area (Å²) in [7, 11) is 0. The zero-order valence-electron chi connectivity index (χ0n) is 10.0. The molecule has 0 bridgehead atoms. The van der Waals surface area contributed by atoms with Crippen LogP contribution in [0.25, 0.3) is 0 Å². The van der Waals surface area contributed by atoms with Gasteiger partial charge in [0, 0.05) is 16.4 Å². The van der Waals surface area contributed by atoms with E-state index in [1.807, 2.05) is 0 Å². The quantitative estimate of drug-likeness (QED) is 0.799. The maximum atomic E-state index is 11.9. The topological polar surface area (TPSA) is 99.5 Å². The van der Waals surface area contributed by atoms with Crippen molar-refractivity contribution in [1.29, 1.82) is 0 Å². The Kier molecular flexibility index (Phi) is 3.99. The molecule has 0 saturated carbocycles. The highest BCUT2D eigenvalue weighted by Crippen LogP contribution is 2.21. The van der Waals surface area contributed by atoms with E-state index < -0.39 is 11.9 Å². The van der Waals surface area contributed by atoms with Crippen LogP contribution in [0.15, 0.2) is 41.0 Å². The second-order valence-electron chi connectivity index (χ2n) is 3.86. The molecule has 2 aromatic rings. The number of carboxylic acid groups (broad SMARTS) is 1. The van der Waals surface area contributed by atoms with Crippen LogP contribution in [0.5, 0.6) is 5.75 Å². The first-order chi connectivity index (χ1) is 9.47. The lowest BCUT2D eigenvalue weighted by atomic mass is 10.2. The fraction of sp³-hybridized carbons (Fsp3) is 0. The minimum absolute atomic E-state index is 0.0277. The van der Waals surface area contributed by atoms with E-state index in [9.17, 15) is 14.7 Å². The Labute approximate surface area is 122 Å². The number of benzene rings is 1. The zero-order chi connectivity index (χ0) is 14.7. The van der Waals surface area contributed by atoms with Gasteiger partial charge in [-0.1, -0.05) is 15.9 Å². The van der Waals surface area contributed by atoms with Crippen molar-refractivity contribution in [2.75, 3.05) is 5.32 Å². The number of carbonyl (C=O) groups is 2. The average molecular weight is 337 g/mol. The van der Waals surface area contributed by atoms with Gasteiger partial charge >= 0.3 is 5.97 Å². The molecule has 0 aliphatic heterocycles. The Morgan fingerprint density at radius 2 is 2.00 bits per heavy atom. The van der Waals surface area contributed by atoms with E-state index >= 15 is 0 Å². The molecule has 0 aliphatic rings. The smallest absolute Gasteiger partial charge is 0.335 e. The molecule has 1 heterocycles. The highest BCUT2D eigenvalue weighted by atomic mass is 79.9. The zero-order valence-corrected chi connectivity index (χ0v) is 11.6. The summed E-state index contributed by atoms with van der Waals surface area (Å²) in [6, 6.07) is 7.10. The molecular weight excluding hydrogens is 328 g/mol. The Morgan fingerprint density at radius 1 is 1.25 bits per heavy atom. The number of hydrogen-bond donors (Lipinski definition) is 3. The summed E-state index contributed by atoms with van der Waals surface area (Å²) in [6.07, 6.45) is 1.37. The van der Waals surface area contributed by atoms with Gasteiger partial charge in [-0.3, -0.25) is 4.79 Å². The summed E-state index contributed by atoms with van der Waals surface area (Å²) in [6.45, 7) is 0. The van der Waals surface area contributed by atoms with Crippen molar-refractivity contribution in [1.82, 2.24) is 4.98 Å². The van der Waals surface area contributed by atoms with Crippen LogP contribution < -0.4 is 5.32 Å². The number of amides is 1. The van der Waals surface area contributed by atoms with Crippen LogP contribution in [0.3, 0.4) is 0 Å². The molecule has 0 unspecified atom stereocenters. The fourth-order valence-corrected chi connectivity index (χ4v) is 2.04. The van der Waals surface area contributed by atoms with E-state index in [-0.39, 0.29) is 22.7 Å². The average Bonchev–Trinajstić information content (AvgIpc) is 2.38. The lowest BCUT2D eigenvalue weighted by Gasteiger charge is -2.07. The van der Waals surface area contributed by atoms with E-state index in [0.717, 1.165) is 0 Å². The van der Waals surface area contributed by atoms with Gasteiger partial charge in [0.15, 0.2) is 5.69 Å². The molecule has 3 N–H and O–H groups in total. The van der Waals surface area contributed by atoms with E-state index in [0.29, 0.717) is 4.47 Å². The van der Waals surface area contributed by atoms with Crippen LogP contribution in [0.2, 0.25) is 0 Å². The minimum atomic E-state index is -1.11. The van der Waals surface area contributed by atoms with Crippen molar-refractivity contribution in [3.8, 4) is 5.75 Å². The second kappa shape index (κ2) is 5.70. The molecular formula is C13H9BrN2O4. The number of carbonyl (C=O) groups excluding carboxylic acids is 1. The Hall–Kier alpha value is -2.41. The lowest BCUT2D eigenvalue weighted by Crippen LogP contribution is -2.14. The summed E-state index contributed by atoms with van der Waals surface area (Å²) >= 11 is 3.16. The first kappa shape index (κ1) is 14.0. The summed E-state index contributed by atoms with van der Waals surface area (Å²) in [4.78, 5) is 26.6. The highest BCUT2D eigenvalue weighted by Gasteiger charge is 2.14. The third kappa shape index (κ3) is 3.12. The van der Waals surface area contributed by atoms with Gasteiger partial charge in [0.05, 0.1) is 5.56 Å².